The van der Waals surface area contributed by atoms with Crippen LogP contribution in [0.5, 0.6) is 0 Å². The zero-order valence-electron chi connectivity index (χ0n) is 15.9. The van der Waals surface area contributed by atoms with Gasteiger partial charge in [-0.15, -0.1) is 12.4 Å². The van der Waals surface area contributed by atoms with Crippen molar-refractivity contribution in [2.45, 2.75) is 31.7 Å². The largest absolute Gasteiger partial charge is 0.354 e. The van der Waals surface area contributed by atoms with Gasteiger partial charge in [-0.2, -0.15) is 0 Å². The third kappa shape index (κ3) is 6.48. The fraction of sp³-hybridized carbons (Fsp3) is 0.600. The minimum atomic E-state index is -0.301. The zero-order valence-corrected chi connectivity index (χ0v) is 16.7. The van der Waals surface area contributed by atoms with Crippen molar-refractivity contribution in [3.8, 4) is 0 Å². The van der Waals surface area contributed by atoms with Crippen LogP contribution < -0.4 is 10.6 Å². The quantitative estimate of drug-likeness (QED) is 0.678. The van der Waals surface area contributed by atoms with Crippen molar-refractivity contribution in [2.75, 3.05) is 45.8 Å². The van der Waals surface area contributed by atoms with Crippen LogP contribution in [-0.2, 0) is 16.0 Å². The highest BCUT2D eigenvalue weighted by molar-refractivity contribution is 5.89. The van der Waals surface area contributed by atoms with Crippen molar-refractivity contribution >= 4 is 24.2 Å². The summed E-state index contributed by atoms with van der Waals surface area (Å²) < 4.78 is 0. The van der Waals surface area contributed by atoms with Crippen molar-refractivity contribution in [3.63, 3.8) is 0 Å². The summed E-state index contributed by atoms with van der Waals surface area (Å²) in [7, 11) is 0. The van der Waals surface area contributed by atoms with Gasteiger partial charge in [-0.05, 0) is 31.4 Å². The molecule has 27 heavy (non-hydrogen) atoms. The summed E-state index contributed by atoms with van der Waals surface area (Å²) >= 11 is 0. The number of piperazine rings is 1. The first kappa shape index (κ1) is 21.7. The number of amides is 2. The fourth-order valence-electron chi connectivity index (χ4n) is 3.78. The number of nitrogens with one attached hydrogen (secondary N) is 2. The second-order valence-electron chi connectivity index (χ2n) is 7.14. The molecule has 1 atom stereocenters. The maximum absolute atomic E-state index is 12.6. The Labute approximate surface area is 168 Å². The third-order valence-corrected chi connectivity index (χ3v) is 5.23. The Morgan fingerprint density at radius 1 is 1.11 bits per heavy atom. The van der Waals surface area contributed by atoms with Crippen LogP contribution in [-0.4, -0.2) is 73.5 Å². The lowest BCUT2D eigenvalue weighted by atomic mass is 10.1. The monoisotopic (exact) mass is 394 g/mol. The van der Waals surface area contributed by atoms with Crippen LogP contribution >= 0.6 is 12.4 Å². The summed E-state index contributed by atoms with van der Waals surface area (Å²) in [6, 6.07) is 9.44. The third-order valence-electron chi connectivity index (χ3n) is 5.23. The van der Waals surface area contributed by atoms with Crippen LogP contribution in [0.3, 0.4) is 0 Å². The van der Waals surface area contributed by atoms with E-state index in [1.165, 1.54) is 0 Å². The SMILES string of the molecule is Cl.O=C(NCCCN1CCNCC1)C1CCCN1C(=O)Cc1ccccc1. The number of benzene rings is 1. The number of hydrogen-bond donors (Lipinski definition) is 2. The molecule has 2 fully saturated rings. The van der Waals surface area contributed by atoms with Crippen molar-refractivity contribution in [2.24, 2.45) is 0 Å². The maximum Gasteiger partial charge on any atom is 0.242 e. The zero-order chi connectivity index (χ0) is 18.2. The van der Waals surface area contributed by atoms with Crippen molar-refractivity contribution < 1.29 is 9.59 Å². The van der Waals surface area contributed by atoms with E-state index in [9.17, 15) is 9.59 Å². The van der Waals surface area contributed by atoms with Crippen molar-refractivity contribution in [3.05, 3.63) is 35.9 Å². The lowest BCUT2D eigenvalue weighted by Gasteiger charge is -2.27. The fourth-order valence-corrected chi connectivity index (χ4v) is 3.78. The first-order valence-electron chi connectivity index (χ1n) is 9.78. The molecular weight excluding hydrogens is 364 g/mol. The van der Waals surface area contributed by atoms with Gasteiger partial charge in [0, 0.05) is 39.3 Å². The van der Waals surface area contributed by atoms with Crippen LogP contribution in [0.1, 0.15) is 24.8 Å². The molecule has 0 aliphatic carbocycles. The number of carbonyl (C=O) groups excluding carboxylic acids is 2. The lowest BCUT2D eigenvalue weighted by molar-refractivity contribution is -0.137. The minimum absolute atomic E-state index is 0. The van der Waals surface area contributed by atoms with Gasteiger partial charge in [0.25, 0.3) is 0 Å². The van der Waals surface area contributed by atoms with E-state index in [1.807, 2.05) is 30.3 Å². The summed E-state index contributed by atoms with van der Waals surface area (Å²) in [5, 5.41) is 6.38. The molecule has 0 radical (unpaired) electrons. The van der Waals surface area contributed by atoms with E-state index in [4.69, 9.17) is 0 Å². The summed E-state index contributed by atoms with van der Waals surface area (Å²) in [6.45, 7) is 6.64. The molecule has 1 aromatic rings. The standard InChI is InChI=1S/C20H30N4O2.ClH/c25-19(16-17-6-2-1-3-7-17)24-13-4-8-18(24)20(26)22-9-5-12-23-14-10-21-11-15-23;/h1-3,6-7,18,21H,4-5,8-16H2,(H,22,26);1H. The summed E-state index contributed by atoms with van der Waals surface area (Å²) in [4.78, 5) is 29.3. The number of nitrogens with zero attached hydrogens (tertiary/aromatic N) is 2. The minimum Gasteiger partial charge on any atom is -0.354 e. The predicted molar refractivity (Wildman–Crippen MR) is 109 cm³/mol. The molecule has 2 N–H and O–H groups in total. The normalized spacial score (nSPS) is 20.1. The van der Waals surface area contributed by atoms with E-state index in [0.717, 1.165) is 57.5 Å². The molecule has 7 heteroatoms. The number of hydrogen-bond acceptors (Lipinski definition) is 4. The molecular formula is C20H31ClN4O2. The van der Waals surface area contributed by atoms with E-state index in [0.29, 0.717) is 19.5 Å². The van der Waals surface area contributed by atoms with E-state index in [1.54, 1.807) is 4.90 Å². The second kappa shape index (κ2) is 11.3. The van der Waals surface area contributed by atoms with E-state index >= 15 is 0 Å². The van der Waals surface area contributed by atoms with Crippen LogP contribution in [0, 0.1) is 0 Å². The van der Waals surface area contributed by atoms with E-state index < -0.39 is 0 Å². The van der Waals surface area contributed by atoms with Gasteiger partial charge in [0.15, 0.2) is 0 Å². The van der Waals surface area contributed by atoms with Gasteiger partial charge >= 0.3 is 0 Å². The summed E-state index contributed by atoms with van der Waals surface area (Å²) in [5.41, 5.74) is 1.000. The Hall–Kier alpha value is -1.63. The Balaban J connectivity index is 0.00000261. The molecule has 2 heterocycles. The first-order chi connectivity index (χ1) is 12.7. The molecule has 2 saturated heterocycles. The van der Waals surface area contributed by atoms with Gasteiger partial charge in [0.05, 0.1) is 6.42 Å². The lowest BCUT2D eigenvalue weighted by Crippen LogP contribution is -2.47. The number of likely N-dealkylation sites (tertiary alicyclic amines) is 1. The van der Waals surface area contributed by atoms with Crippen molar-refractivity contribution in [1.82, 2.24) is 20.4 Å². The molecule has 1 unspecified atom stereocenters. The van der Waals surface area contributed by atoms with Crippen molar-refractivity contribution in [1.29, 1.82) is 0 Å². The average molecular weight is 395 g/mol. The van der Waals surface area contributed by atoms with Gasteiger partial charge in [-0.25, -0.2) is 0 Å². The maximum atomic E-state index is 12.6. The van der Waals surface area contributed by atoms with Crippen LogP contribution in [0.25, 0.3) is 0 Å². The Kier molecular flexibility index (Phi) is 9.04. The molecule has 2 aliphatic rings. The van der Waals surface area contributed by atoms with Crippen LogP contribution in [0.4, 0.5) is 0 Å². The highest BCUT2D eigenvalue weighted by Gasteiger charge is 2.33. The number of halogens is 1. The molecule has 150 valence electrons. The highest BCUT2D eigenvalue weighted by atomic mass is 35.5. The molecule has 0 aromatic heterocycles. The molecule has 0 spiro atoms. The molecule has 1 aromatic carbocycles. The smallest absolute Gasteiger partial charge is 0.242 e. The molecule has 2 amide bonds. The highest BCUT2D eigenvalue weighted by Crippen LogP contribution is 2.19. The average Bonchev–Trinajstić information content (AvgIpc) is 3.17. The number of carbonyl (C=O) groups is 2. The Bertz CT molecular complexity index is 593. The topological polar surface area (TPSA) is 64.7 Å². The predicted octanol–water partition coefficient (Wildman–Crippen LogP) is 1.05. The second-order valence-corrected chi connectivity index (χ2v) is 7.14. The van der Waals surface area contributed by atoms with Gasteiger partial charge < -0.3 is 20.4 Å². The summed E-state index contributed by atoms with van der Waals surface area (Å²) in [5.74, 6) is 0.0545. The molecule has 2 aliphatic heterocycles. The molecule has 3 rings (SSSR count). The first-order valence-corrected chi connectivity index (χ1v) is 9.78. The van der Waals surface area contributed by atoms with E-state index in [2.05, 4.69) is 15.5 Å². The van der Waals surface area contributed by atoms with Gasteiger partial charge in [0.1, 0.15) is 6.04 Å². The summed E-state index contributed by atoms with van der Waals surface area (Å²) in [6.07, 6.45) is 2.99. The van der Waals surface area contributed by atoms with E-state index in [-0.39, 0.29) is 30.3 Å². The van der Waals surface area contributed by atoms with Gasteiger partial charge in [0.2, 0.25) is 11.8 Å². The van der Waals surface area contributed by atoms with Gasteiger partial charge in [-0.1, -0.05) is 30.3 Å². The molecule has 6 nitrogen and oxygen atoms in total. The number of rotatable bonds is 7. The Morgan fingerprint density at radius 3 is 2.59 bits per heavy atom. The molecule has 0 bridgehead atoms. The Morgan fingerprint density at radius 2 is 1.85 bits per heavy atom. The van der Waals surface area contributed by atoms with Crippen LogP contribution in [0.15, 0.2) is 30.3 Å². The van der Waals surface area contributed by atoms with Gasteiger partial charge in [-0.3, -0.25) is 9.59 Å². The van der Waals surface area contributed by atoms with Crippen LogP contribution in [0.2, 0.25) is 0 Å². The molecule has 0 saturated carbocycles.